The zero-order valence-electron chi connectivity index (χ0n) is 12.2. The van der Waals surface area contributed by atoms with Crippen LogP contribution in [0.2, 0.25) is 0 Å². The van der Waals surface area contributed by atoms with Gasteiger partial charge in [-0.2, -0.15) is 0 Å². The number of ether oxygens (including phenoxy) is 1. The van der Waals surface area contributed by atoms with Crippen LogP contribution in [0.5, 0.6) is 5.75 Å². The molecule has 2 aromatic rings. The van der Waals surface area contributed by atoms with Crippen LogP contribution in [-0.4, -0.2) is 12.5 Å². The zero-order chi connectivity index (χ0) is 15.4. The van der Waals surface area contributed by atoms with Crippen LogP contribution in [0, 0.1) is 5.82 Å². The maximum Gasteiger partial charge on any atom is 0.258 e. The standard InChI is InChI=1S/C18H18FNO2/c19-14-7-4-8-15(11-14)22-12-18(21)20-17-10-3-6-13-5-1-2-9-16(13)17/h1-2,4-5,7-9,11,17H,3,6,10,12H2,(H,20,21). The molecule has 1 unspecified atom stereocenters. The number of amides is 1. The van der Waals surface area contributed by atoms with Crippen molar-refractivity contribution in [3.63, 3.8) is 0 Å². The lowest BCUT2D eigenvalue weighted by Gasteiger charge is -2.26. The third-order valence-corrected chi connectivity index (χ3v) is 3.87. The predicted molar refractivity (Wildman–Crippen MR) is 82.2 cm³/mol. The van der Waals surface area contributed by atoms with Crippen molar-refractivity contribution in [3.05, 3.63) is 65.5 Å². The Labute approximate surface area is 129 Å². The van der Waals surface area contributed by atoms with Gasteiger partial charge in [0, 0.05) is 6.07 Å². The maximum absolute atomic E-state index is 13.0. The minimum atomic E-state index is -0.376. The first-order valence-electron chi connectivity index (χ1n) is 7.48. The van der Waals surface area contributed by atoms with Crippen molar-refractivity contribution < 1.29 is 13.9 Å². The molecule has 0 spiro atoms. The molecule has 1 amide bonds. The lowest BCUT2D eigenvalue weighted by Crippen LogP contribution is -2.34. The molecule has 22 heavy (non-hydrogen) atoms. The van der Waals surface area contributed by atoms with Crippen molar-refractivity contribution in [2.24, 2.45) is 0 Å². The van der Waals surface area contributed by atoms with Gasteiger partial charge in [0.2, 0.25) is 0 Å². The van der Waals surface area contributed by atoms with Gasteiger partial charge in [-0.1, -0.05) is 30.3 Å². The summed E-state index contributed by atoms with van der Waals surface area (Å²) in [6.07, 6.45) is 3.05. The molecule has 114 valence electrons. The molecule has 0 heterocycles. The molecule has 0 saturated heterocycles. The first-order valence-corrected chi connectivity index (χ1v) is 7.48. The minimum Gasteiger partial charge on any atom is -0.484 e. The summed E-state index contributed by atoms with van der Waals surface area (Å²) in [4.78, 5) is 12.0. The summed E-state index contributed by atoms with van der Waals surface area (Å²) in [6.45, 7) is -0.109. The average Bonchev–Trinajstić information content (AvgIpc) is 2.53. The first-order chi connectivity index (χ1) is 10.7. The molecule has 1 atom stereocenters. The molecule has 0 radical (unpaired) electrons. The second-order valence-corrected chi connectivity index (χ2v) is 5.46. The van der Waals surface area contributed by atoms with Crippen molar-refractivity contribution >= 4 is 5.91 Å². The van der Waals surface area contributed by atoms with E-state index in [0.29, 0.717) is 5.75 Å². The van der Waals surface area contributed by atoms with Gasteiger partial charge < -0.3 is 10.1 Å². The SMILES string of the molecule is O=C(COc1cccc(F)c1)NC1CCCc2ccccc21. The number of hydrogen-bond donors (Lipinski definition) is 1. The van der Waals surface area contributed by atoms with Crippen LogP contribution in [0.4, 0.5) is 4.39 Å². The number of carbonyl (C=O) groups excluding carboxylic acids is 1. The third-order valence-electron chi connectivity index (χ3n) is 3.87. The quantitative estimate of drug-likeness (QED) is 0.939. The van der Waals surface area contributed by atoms with E-state index in [-0.39, 0.29) is 24.4 Å². The van der Waals surface area contributed by atoms with E-state index in [2.05, 4.69) is 17.4 Å². The molecule has 0 aliphatic heterocycles. The van der Waals surface area contributed by atoms with Gasteiger partial charge in [0.05, 0.1) is 6.04 Å². The lowest BCUT2D eigenvalue weighted by molar-refractivity contribution is -0.124. The van der Waals surface area contributed by atoms with Crippen LogP contribution in [0.3, 0.4) is 0 Å². The number of halogens is 1. The number of carbonyl (C=O) groups is 1. The number of fused-ring (bicyclic) bond motifs is 1. The van der Waals surface area contributed by atoms with Gasteiger partial charge in [-0.25, -0.2) is 4.39 Å². The fourth-order valence-corrected chi connectivity index (χ4v) is 2.85. The zero-order valence-corrected chi connectivity index (χ0v) is 12.2. The molecule has 0 saturated carbocycles. The van der Waals surface area contributed by atoms with Gasteiger partial charge >= 0.3 is 0 Å². The summed E-state index contributed by atoms with van der Waals surface area (Å²) in [5.74, 6) is -0.204. The fourth-order valence-electron chi connectivity index (χ4n) is 2.85. The molecule has 3 nitrogen and oxygen atoms in total. The summed E-state index contributed by atoms with van der Waals surface area (Å²) in [5.41, 5.74) is 2.48. The lowest BCUT2D eigenvalue weighted by atomic mass is 9.88. The van der Waals surface area contributed by atoms with Gasteiger partial charge in [-0.05, 0) is 42.5 Å². The Hall–Kier alpha value is -2.36. The van der Waals surface area contributed by atoms with E-state index in [1.165, 1.54) is 23.3 Å². The normalized spacial score (nSPS) is 16.7. The van der Waals surface area contributed by atoms with Gasteiger partial charge in [0.25, 0.3) is 5.91 Å². The Morgan fingerprint density at radius 1 is 1.23 bits per heavy atom. The summed E-state index contributed by atoms with van der Waals surface area (Å²) in [7, 11) is 0. The summed E-state index contributed by atoms with van der Waals surface area (Å²) in [5, 5.41) is 3.00. The Morgan fingerprint density at radius 3 is 2.95 bits per heavy atom. The van der Waals surface area contributed by atoms with Crippen LogP contribution >= 0.6 is 0 Å². The van der Waals surface area contributed by atoms with Crippen LogP contribution < -0.4 is 10.1 Å². The molecule has 0 bridgehead atoms. The Morgan fingerprint density at radius 2 is 2.09 bits per heavy atom. The first kappa shape index (κ1) is 14.6. The third kappa shape index (κ3) is 3.45. The maximum atomic E-state index is 13.0. The van der Waals surface area contributed by atoms with Crippen molar-refractivity contribution in [1.82, 2.24) is 5.32 Å². The van der Waals surface area contributed by atoms with E-state index in [4.69, 9.17) is 4.74 Å². The van der Waals surface area contributed by atoms with Gasteiger partial charge in [-0.15, -0.1) is 0 Å². The predicted octanol–water partition coefficient (Wildman–Crippen LogP) is 3.40. The van der Waals surface area contributed by atoms with Crippen molar-refractivity contribution in [1.29, 1.82) is 0 Å². The van der Waals surface area contributed by atoms with Crippen LogP contribution in [0.25, 0.3) is 0 Å². The highest BCUT2D eigenvalue weighted by Crippen LogP contribution is 2.29. The molecule has 1 aliphatic carbocycles. The molecule has 0 aromatic heterocycles. The van der Waals surface area contributed by atoms with Crippen LogP contribution in [0.15, 0.2) is 48.5 Å². The molecule has 4 heteroatoms. The van der Waals surface area contributed by atoms with E-state index in [9.17, 15) is 9.18 Å². The summed E-state index contributed by atoms with van der Waals surface area (Å²) in [6, 6.07) is 14.0. The number of aryl methyl sites for hydroxylation is 1. The number of rotatable bonds is 4. The molecular formula is C18H18FNO2. The van der Waals surface area contributed by atoms with E-state index in [1.807, 2.05) is 12.1 Å². The Balaban J connectivity index is 1.59. The van der Waals surface area contributed by atoms with Crippen LogP contribution in [0.1, 0.15) is 30.0 Å². The highest BCUT2D eigenvalue weighted by atomic mass is 19.1. The second kappa shape index (κ2) is 6.60. The van der Waals surface area contributed by atoms with Crippen molar-refractivity contribution in [2.45, 2.75) is 25.3 Å². The highest BCUT2D eigenvalue weighted by molar-refractivity contribution is 5.78. The topological polar surface area (TPSA) is 38.3 Å². The monoisotopic (exact) mass is 299 g/mol. The highest BCUT2D eigenvalue weighted by Gasteiger charge is 2.21. The van der Waals surface area contributed by atoms with E-state index < -0.39 is 0 Å². The van der Waals surface area contributed by atoms with E-state index in [0.717, 1.165) is 19.3 Å². The Bertz CT molecular complexity index is 672. The van der Waals surface area contributed by atoms with Crippen LogP contribution in [-0.2, 0) is 11.2 Å². The molecule has 1 aliphatic rings. The van der Waals surface area contributed by atoms with Gasteiger partial charge in [-0.3, -0.25) is 4.79 Å². The van der Waals surface area contributed by atoms with Gasteiger partial charge in [0.1, 0.15) is 11.6 Å². The largest absolute Gasteiger partial charge is 0.484 e. The molecule has 3 rings (SSSR count). The smallest absolute Gasteiger partial charge is 0.258 e. The number of hydrogen-bond acceptors (Lipinski definition) is 2. The number of benzene rings is 2. The summed E-state index contributed by atoms with van der Waals surface area (Å²) < 4.78 is 18.4. The molecule has 0 fully saturated rings. The molecular weight excluding hydrogens is 281 g/mol. The van der Waals surface area contributed by atoms with Gasteiger partial charge in [0.15, 0.2) is 6.61 Å². The number of nitrogens with one attached hydrogen (secondary N) is 1. The van der Waals surface area contributed by atoms with E-state index in [1.54, 1.807) is 12.1 Å². The minimum absolute atomic E-state index is 0.0357. The molecule has 2 aromatic carbocycles. The van der Waals surface area contributed by atoms with E-state index >= 15 is 0 Å². The fraction of sp³-hybridized carbons (Fsp3) is 0.278. The average molecular weight is 299 g/mol. The second-order valence-electron chi connectivity index (χ2n) is 5.46. The van der Waals surface area contributed by atoms with Crippen molar-refractivity contribution in [3.8, 4) is 5.75 Å². The van der Waals surface area contributed by atoms with Crippen molar-refractivity contribution in [2.75, 3.05) is 6.61 Å². The Kier molecular flexibility index (Phi) is 4.37. The summed E-state index contributed by atoms with van der Waals surface area (Å²) >= 11 is 0. The molecule has 1 N–H and O–H groups in total.